The van der Waals surface area contributed by atoms with Crippen molar-refractivity contribution in [2.24, 2.45) is 0 Å². The van der Waals surface area contributed by atoms with Gasteiger partial charge in [0, 0.05) is 31.7 Å². The fraction of sp³-hybridized carbons (Fsp3) is 0.529. The van der Waals surface area contributed by atoms with E-state index in [9.17, 15) is 9.59 Å². The Morgan fingerprint density at radius 2 is 2.00 bits per heavy atom. The predicted molar refractivity (Wildman–Crippen MR) is 96.7 cm³/mol. The van der Waals surface area contributed by atoms with Crippen LogP contribution >= 0.6 is 12.4 Å². The third-order valence-corrected chi connectivity index (χ3v) is 3.97. The van der Waals surface area contributed by atoms with Crippen molar-refractivity contribution < 1.29 is 14.3 Å². The molecule has 7 heteroatoms. The van der Waals surface area contributed by atoms with Gasteiger partial charge in [-0.1, -0.05) is 18.2 Å². The molecule has 1 unspecified atom stereocenters. The van der Waals surface area contributed by atoms with Crippen molar-refractivity contribution in [2.75, 3.05) is 38.7 Å². The number of aryl methyl sites for hydroxylation is 2. The lowest BCUT2D eigenvalue weighted by molar-refractivity contribution is -0.134. The Hall–Kier alpha value is -1.63. The zero-order valence-electron chi connectivity index (χ0n) is 14.4. The smallest absolute Gasteiger partial charge is 0.243 e. The second kappa shape index (κ2) is 9.61. The molecule has 6 nitrogen and oxygen atoms in total. The van der Waals surface area contributed by atoms with Gasteiger partial charge >= 0.3 is 0 Å². The molecule has 0 saturated carbocycles. The Morgan fingerprint density at radius 3 is 2.58 bits per heavy atom. The van der Waals surface area contributed by atoms with Crippen LogP contribution in [0.15, 0.2) is 18.2 Å². The number of halogens is 1. The van der Waals surface area contributed by atoms with Gasteiger partial charge in [-0.15, -0.1) is 12.4 Å². The number of nitrogens with one attached hydrogen (secondary N) is 2. The highest BCUT2D eigenvalue weighted by Crippen LogP contribution is 2.19. The van der Waals surface area contributed by atoms with E-state index >= 15 is 0 Å². The first-order valence-corrected chi connectivity index (χ1v) is 7.88. The number of hydrogen-bond acceptors (Lipinski definition) is 4. The molecular formula is C17H26ClN3O3. The third-order valence-electron chi connectivity index (χ3n) is 3.97. The second-order valence-electron chi connectivity index (χ2n) is 5.99. The molecule has 1 heterocycles. The largest absolute Gasteiger partial charge is 0.378 e. The number of morpholine rings is 1. The van der Waals surface area contributed by atoms with Gasteiger partial charge in [-0.25, -0.2) is 0 Å². The van der Waals surface area contributed by atoms with Crippen molar-refractivity contribution in [1.29, 1.82) is 0 Å². The molecule has 0 spiro atoms. The van der Waals surface area contributed by atoms with Gasteiger partial charge in [0.05, 0.1) is 19.8 Å². The average Bonchev–Trinajstić information content (AvgIpc) is 2.52. The van der Waals surface area contributed by atoms with Crippen molar-refractivity contribution in [3.63, 3.8) is 0 Å². The molecule has 0 aliphatic carbocycles. The van der Waals surface area contributed by atoms with E-state index in [0.29, 0.717) is 19.6 Å². The Kier molecular flexibility index (Phi) is 8.18. The minimum absolute atomic E-state index is 0. The van der Waals surface area contributed by atoms with Crippen LogP contribution in [0.3, 0.4) is 0 Å². The van der Waals surface area contributed by atoms with Gasteiger partial charge in [0.2, 0.25) is 11.8 Å². The summed E-state index contributed by atoms with van der Waals surface area (Å²) in [7, 11) is 1.65. The molecule has 1 saturated heterocycles. The number of anilines is 1. The van der Waals surface area contributed by atoms with Crippen LogP contribution in [-0.4, -0.2) is 56.1 Å². The molecule has 24 heavy (non-hydrogen) atoms. The molecule has 1 aromatic rings. The van der Waals surface area contributed by atoms with Gasteiger partial charge in [-0.3, -0.25) is 9.59 Å². The van der Waals surface area contributed by atoms with Crippen molar-refractivity contribution in [3.8, 4) is 0 Å². The van der Waals surface area contributed by atoms with Crippen LogP contribution in [0.5, 0.6) is 0 Å². The second-order valence-corrected chi connectivity index (χ2v) is 5.99. The number of carbonyl (C=O) groups excluding carboxylic acids is 2. The summed E-state index contributed by atoms with van der Waals surface area (Å²) in [5.41, 5.74) is 2.84. The highest BCUT2D eigenvalue weighted by atomic mass is 35.5. The number of hydrogen-bond donors (Lipinski definition) is 2. The molecule has 2 rings (SSSR count). The van der Waals surface area contributed by atoms with E-state index in [0.717, 1.165) is 23.4 Å². The summed E-state index contributed by atoms with van der Waals surface area (Å²) in [5.74, 6) is -0.254. The number of para-hydroxylation sites is 1. The number of nitrogens with zero attached hydrogens (tertiary/aromatic N) is 1. The van der Waals surface area contributed by atoms with E-state index in [1.54, 1.807) is 7.05 Å². The molecular weight excluding hydrogens is 330 g/mol. The molecule has 1 fully saturated rings. The minimum Gasteiger partial charge on any atom is -0.378 e. The summed E-state index contributed by atoms with van der Waals surface area (Å²) in [4.78, 5) is 25.8. The lowest BCUT2D eigenvalue weighted by Crippen LogP contribution is -2.45. The topological polar surface area (TPSA) is 70.7 Å². The van der Waals surface area contributed by atoms with Crippen LogP contribution in [-0.2, 0) is 14.3 Å². The summed E-state index contributed by atoms with van der Waals surface area (Å²) in [6, 6.07) is 5.88. The number of carbonyl (C=O) groups is 2. The lowest BCUT2D eigenvalue weighted by Gasteiger charge is -2.25. The molecule has 1 atom stereocenters. The quantitative estimate of drug-likeness (QED) is 0.839. The van der Waals surface area contributed by atoms with Crippen molar-refractivity contribution >= 4 is 29.9 Å². The minimum atomic E-state index is -0.189. The SMILES string of the molecule is Cc1cccc(C)c1NC(=O)CN(C)C(=O)CC1COCCN1.Cl. The van der Waals surface area contributed by atoms with E-state index in [1.165, 1.54) is 4.90 Å². The first kappa shape index (κ1) is 20.4. The van der Waals surface area contributed by atoms with Crippen LogP contribution in [0.2, 0.25) is 0 Å². The summed E-state index contributed by atoms with van der Waals surface area (Å²) in [5, 5.41) is 6.13. The molecule has 0 bridgehead atoms. The van der Waals surface area contributed by atoms with E-state index in [4.69, 9.17) is 4.74 Å². The van der Waals surface area contributed by atoms with Gasteiger partial charge in [-0.2, -0.15) is 0 Å². The predicted octanol–water partition coefficient (Wildman–Crippen LogP) is 1.50. The van der Waals surface area contributed by atoms with Crippen LogP contribution in [0.1, 0.15) is 17.5 Å². The summed E-state index contributed by atoms with van der Waals surface area (Å²) >= 11 is 0. The third kappa shape index (κ3) is 5.78. The molecule has 1 aliphatic heterocycles. The Morgan fingerprint density at radius 1 is 1.33 bits per heavy atom. The maximum absolute atomic E-state index is 12.2. The van der Waals surface area contributed by atoms with Gasteiger partial charge in [-0.05, 0) is 25.0 Å². The molecule has 2 N–H and O–H groups in total. The molecule has 1 aliphatic rings. The highest BCUT2D eigenvalue weighted by Gasteiger charge is 2.20. The van der Waals surface area contributed by atoms with E-state index in [1.807, 2.05) is 32.0 Å². The van der Waals surface area contributed by atoms with E-state index in [-0.39, 0.29) is 36.8 Å². The maximum atomic E-state index is 12.2. The summed E-state index contributed by atoms with van der Waals surface area (Å²) in [6.07, 6.45) is 0.340. The van der Waals surface area contributed by atoms with Crippen molar-refractivity contribution in [1.82, 2.24) is 10.2 Å². The van der Waals surface area contributed by atoms with Crippen LogP contribution in [0.25, 0.3) is 0 Å². The zero-order valence-corrected chi connectivity index (χ0v) is 15.2. The van der Waals surface area contributed by atoms with Crippen molar-refractivity contribution in [2.45, 2.75) is 26.3 Å². The molecule has 134 valence electrons. The van der Waals surface area contributed by atoms with Gasteiger partial charge in [0.15, 0.2) is 0 Å². The first-order chi connectivity index (χ1) is 11.0. The van der Waals surface area contributed by atoms with Gasteiger partial charge in [0.1, 0.15) is 0 Å². The molecule has 0 aromatic heterocycles. The van der Waals surface area contributed by atoms with Gasteiger partial charge in [0.25, 0.3) is 0 Å². The first-order valence-electron chi connectivity index (χ1n) is 7.88. The fourth-order valence-corrected chi connectivity index (χ4v) is 2.61. The highest BCUT2D eigenvalue weighted by molar-refractivity contribution is 5.95. The fourth-order valence-electron chi connectivity index (χ4n) is 2.61. The average molecular weight is 356 g/mol. The summed E-state index contributed by atoms with van der Waals surface area (Å²) < 4.78 is 5.34. The monoisotopic (exact) mass is 355 g/mol. The maximum Gasteiger partial charge on any atom is 0.243 e. The molecule has 1 aromatic carbocycles. The van der Waals surface area contributed by atoms with Crippen LogP contribution in [0, 0.1) is 13.8 Å². The van der Waals surface area contributed by atoms with Gasteiger partial charge < -0.3 is 20.3 Å². The standard InChI is InChI=1S/C17H25N3O3.ClH/c1-12-5-4-6-13(2)17(12)19-15(21)10-20(3)16(22)9-14-11-23-8-7-18-14;/h4-6,14,18H,7-11H2,1-3H3,(H,19,21);1H. The summed E-state index contributed by atoms with van der Waals surface area (Å²) in [6.45, 7) is 5.92. The molecule has 2 amide bonds. The van der Waals surface area contributed by atoms with Crippen molar-refractivity contribution in [3.05, 3.63) is 29.3 Å². The molecule has 0 radical (unpaired) electrons. The van der Waals surface area contributed by atoms with Crippen LogP contribution < -0.4 is 10.6 Å². The Balaban J connectivity index is 0.00000288. The Labute approximate surface area is 149 Å². The zero-order chi connectivity index (χ0) is 16.8. The Bertz CT molecular complexity index is 554. The number of ether oxygens (including phenoxy) is 1. The van der Waals surface area contributed by atoms with E-state index < -0.39 is 0 Å². The normalized spacial score (nSPS) is 16.9. The van der Waals surface area contributed by atoms with E-state index in [2.05, 4.69) is 10.6 Å². The van der Waals surface area contributed by atoms with Crippen LogP contribution in [0.4, 0.5) is 5.69 Å². The lowest BCUT2D eigenvalue weighted by atomic mass is 10.1. The number of amides is 2. The number of rotatable bonds is 5. The number of likely N-dealkylation sites (N-methyl/N-ethyl adjacent to an activating group) is 1. The number of benzene rings is 1.